The molecule has 1 aliphatic heterocycles. The fourth-order valence-corrected chi connectivity index (χ4v) is 2.94. The third-order valence-corrected chi connectivity index (χ3v) is 3.94. The largest absolute Gasteiger partial charge is 0.478 e. The lowest BCUT2D eigenvalue weighted by atomic mass is 9.93. The van der Waals surface area contributed by atoms with Crippen LogP contribution in [0.5, 0.6) is 0 Å². The van der Waals surface area contributed by atoms with Gasteiger partial charge in [0.05, 0.1) is 0 Å². The van der Waals surface area contributed by atoms with E-state index in [9.17, 15) is 14.7 Å². The molecule has 6 heteroatoms. The van der Waals surface area contributed by atoms with Crippen molar-refractivity contribution in [1.29, 1.82) is 0 Å². The van der Waals surface area contributed by atoms with Crippen LogP contribution in [0.2, 0.25) is 0 Å². The number of nitrogens with zero attached hydrogens (tertiary/aromatic N) is 2. The fraction of sp³-hybridized carbons (Fsp3) is 0.533. The maximum absolute atomic E-state index is 11.5. The van der Waals surface area contributed by atoms with Gasteiger partial charge in [0, 0.05) is 25.2 Å². The summed E-state index contributed by atoms with van der Waals surface area (Å²) in [6, 6.07) is 1.78. The zero-order valence-corrected chi connectivity index (χ0v) is 12.4. The number of pyridine rings is 1. The molecule has 2 rings (SSSR count). The van der Waals surface area contributed by atoms with Crippen LogP contribution in [-0.2, 0) is 4.79 Å². The second-order valence-electron chi connectivity index (χ2n) is 5.69. The molecule has 3 N–H and O–H groups in total. The molecule has 0 spiro atoms. The van der Waals surface area contributed by atoms with E-state index in [1.807, 2.05) is 11.8 Å². The zero-order chi connectivity index (χ0) is 15.6. The number of carboxylic acids is 1. The third kappa shape index (κ3) is 3.51. The second-order valence-corrected chi connectivity index (χ2v) is 5.69. The summed E-state index contributed by atoms with van der Waals surface area (Å²) in [4.78, 5) is 28.9. The average molecular weight is 291 g/mol. The summed E-state index contributed by atoms with van der Waals surface area (Å²) in [6.07, 6.45) is 2.06. The van der Waals surface area contributed by atoms with E-state index in [4.69, 9.17) is 5.73 Å². The number of anilines is 1. The van der Waals surface area contributed by atoms with Gasteiger partial charge < -0.3 is 15.7 Å². The molecular weight excluding hydrogens is 270 g/mol. The van der Waals surface area contributed by atoms with Crippen molar-refractivity contribution in [1.82, 2.24) is 4.98 Å². The molecule has 114 valence electrons. The lowest BCUT2D eigenvalue weighted by Crippen LogP contribution is -2.36. The van der Waals surface area contributed by atoms with Gasteiger partial charge in [-0.05, 0) is 44.2 Å². The molecule has 0 atom stereocenters. The Bertz CT molecular complexity index is 564. The number of piperidine rings is 1. The van der Waals surface area contributed by atoms with E-state index < -0.39 is 5.97 Å². The van der Waals surface area contributed by atoms with Crippen LogP contribution in [0.1, 0.15) is 40.9 Å². The van der Waals surface area contributed by atoms with Crippen molar-refractivity contribution in [3.05, 3.63) is 22.9 Å². The molecule has 1 aromatic rings. The second kappa shape index (κ2) is 6.11. The van der Waals surface area contributed by atoms with Crippen LogP contribution in [0.25, 0.3) is 0 Å². The first-order valence-electron chi connectivity index (χ1n) is 7.13. The van der Waals surface area contributed by atoms with Crippen molar-refractivity contribution >= 4 is 17.7 Å². The summed E-state index contributed by atoms with van der Waals surface area (Å²) in [7, 11) is 0. The molecule has 0 aromatic carbocycles. The van der Waals surface area contributed by atoms with Gasteiger partial charge in [0.25, 0.3) is 0 Å². The van der Waals surface area contributed by atoms with E-state index in [2.05, 4.69) is 4.98 Å². The van der Waals surface area contributed by atoms with E-state index in [0.29, 0.717) is 25.3 Å². The number of rotatable bonds is 4. The highest BCUT2D eigenvalue weighted by Gasteiger charge is 2.26. The number of aryl methyl sites for hydroxylation is 2. The van der Waals surface area contributed by atoms with Crippen LogP contribution < -0.4 is 10.6 Å². The molecule has 1 amide bonds. The number of amides is 1. The predicted octanol–water partition coefficient (Wildman–Crippen LogP) is 1.49. The molecule has 1 saturated heterocycles. The maximum Gasteiger partial charge on any atom is 0.339 e. The van der Waals surface area contributed by atoms with Gasteiger partial charge in [-0.2, -0.15) is 0 Å². The highest BCUT2D eigenvalue weighted by atomic mass is 16.4. The van der Waals surface area contributed by atoms with Gasteiger partial charge in [-0.25, -0.2) is 9.78 Å². The highest BCUT2D eigenvalue weighted by Crippen LogP contribution is 2.28. The minimum absolute atomic E-state index is 0.272. The number of primary amides is 1. The Hall–Kier alpha value is -2.11. The van der Waals surface area contributed by atoms with Gasteiger partial charge in [-0.1, -0.05) is 0 Å². The minimum Gasteiger partial charge on any atom is -0.478 e. The number of aromatic carboxylic acids is 1. The number of carbonyl (C=O) groups excluding carboxylic acids is 1. The Kier molecular flexibility index (Phi) is 4.45. The number of hydrogen-bond acceptors (Lipinski definition) is 4. The van der Waals surface area contributed by atoms with Crippen LogP contribution >= 0.6 is 0 Å². The number of hydrogen-bond donors (Lipinski definition) is 2. The molecule has 1 aromatic heterocycles. The minimum atomic E-state index is -0.950. The monoisotopic (exact) mass is 291 g/mol. The first-order chi connectivity index (χ1) is 9.88. The molecule has 0 aliphatic carbocycles. The number of carbonyl (C=O) groups is 2. The van der Waals surface area contributed by atoms with E-state index >= 15 is 0 Å². The van der Waals surface area contributed by atoms with E-state index in [1.165, 1.54) is 0 Å². The van der Waals surface area contributed by atoms with Crippen molar-refractivity contribution in [2.45, 2.75) is 33.1 Å². The third-order valence-electron chi connectivity index (χ3n) is 3.94. The van der Waals surface area contributed by atoms with Gasteiger partial charge in [-0.15, -0.1) is 0 Å². The summed E-state index contributed by atoms with van der Waals surface area (Å²) in [6.45, 7) is 5.06. The molecule has 0 radical (unpaired) electrons. The molecule has 1 aliphatic rings. The standard InChI is InChI=1S/C15H21N3O3/c1-9-7-10(2)17-14(13(9)15(20)21)18-5-3-11(4-6-18)8-12(16)19/h7,11H,3-6,8H2,1-2H3,(H2,16,19)(H,20,21). The Morgan fingerprint density at radius 1 is 1.38 bits per heavy atom. The van der Waals surface area contributed by atoms with E-state index in [1.54, 1.807) is 13.0 Å². The molecule has 2 heterocycles. The Morgan fingerprint density at radius 2 is 2.00 bits per heavy atom. The summed E-state index contributed by atoms with van der Waals surface area (Å²) in [5, 5.41) is 9.41. The first kappa shape index (κ1) is 15.3. The van der Waals surface area contributed by atoms with Gasteiger partial charge in [0.1, 0.15) is 11.4 Å². The maximum atomic E-state index is 11.5. The summed E-state index contributed by atoms with van der Waals surface area (Å²) in [5.74, 6) is -0.395. The molecule has 21 heavy (non-hydrogen) atoms. The summed E-state index contributed by atoms with van der Waals surface area (Å²) in [5.41, 5.74) is 7.04. The lowest BCUT2D eigenvalue weighted by molar-refractivity contribution is -0.119. The number of carboxylic acid groups (broad SMARTS) is 1. The van der Waals surface area contributed by atoms with Crippen molar-refractivity contribution in [2.24, 2.45) is 11.7 Å². The average Bonchev–Trinajstić information content (AvgIpc) is 2.37. The molecule has 0 saturated carbocycles. The van der Waals surface area contributed by atoms with Crippen LogP contribution in [0.15, 0.2) is 6.07 Å². The van der Waals surface area contributed by atoms with Gasteiger partial charge >= 0.3 is 5.97 Å². The summed E-state index contributed by atoms with van der Waals surface area (Å²) < 4.78 is 0. The molecule has 1 fully saturated rings. The smallest absolute Gasteiger partial charge is 0.339 e. The SMILES string of the molecule is Cc1cc(C)c(C(=O)O)c(N2CCC(CC(N)=O)CC2)n1. The quantitative estimate of drug-likeness (QED) is 0.876. The molecule has 0 unspecified atom stereocenters. The van der Waals surface area contributed by atoms with Crippen molar-refractivity contribution < 1.29 is 14.7 Å². The Labute approximate surface area is 124 Å². The van der Waals surface area contributed by atoms with Crippen LogP contribution in [0.3, 0.4) is 0 Å². The first-order valence-corrected chi connectivity index (χ1v) is 7.13. The van der Waals surface area contributed by atoms with E-state index in [0.717, 1.165) is 24.1 Å². The Morgan fingerprint density at radius 3 is 2.52 bits per heavy atom. The topological polar surface area (TPSA) is 96.5 Å². The fourth-order valence-electron chi connectivity index (χ4n) is 2.94. The highest BCUT2D eigenvalue weighted by molar-refractivity contribution is 5.95. The van der Waals surface area contributed by atoms with Crippen LogP contribution in [0.4, 0.5) is 5.82 Å². The normalized spacial score (nSPS) is 16.0. The van der Waals surface area contributed by atoms with Crippen LogP contribution in [-0.4, -0.2) is 35.1 Å². The van der Waals surface area contributed by atoms with Gasteiger partial charge in [0.2, 0.25) is 5.91 Å². The molecular formula is C15H21N3O3. The van der Waals surface area contributed by atoms with Crippen molar-refractivity contribution in [3.8, 4) is 0 Å². The van der Waals surface area contributed by atoms with Gasteiger partial charge in [-0.3, -0.25) is 4.79 Å². The van der Waals surface area contributed by atoms with Gasteiger partial charge in [0.15, 0.2) is 0 Å². The lowest BCUT2D eigenvalue weighted by Gasteiger charge is -2.33. The predicted molar refractivity (Wildman–Crippen MR) is 79.4 cm³/mol. The van der Waals surface area contributed by atoms with Crippen molar-refractivity contribution in [2.75, 3.05) is 18.0 Å². The number of nitrogens with two attached hydrogens (primary N) is 1. The molecule has 6 nitrogen and oxygen atoms in total. The summed E-state index contributed by atoms with van der Waals surface area (Å²) >= 11 is 0. The Balaban J connectivity index is 2.20. The molecule has 0 bridgehead atoms. The van der Waals surface area contributed by atoms with Crippen molar-refractivity contribution in [3.63, 3.8) is 0 Å². The number of aromatic nitrogens is 1. The van der Waals surface area contributed by atoms with Crippen LogP contribution in [0, 0.1) is 19.8 Å². The van der Waals surface area contributed by atoms with E-state index in [-0.39, 0.29) is 17.4 Å². The zero-order valence-electron chi connectivity index (χ0n) is 12.4.